The number of halogens is 2. The summed E-state index contributed by atoms with van der Waals surface area (Å²) in [7, 11) is 0. The van der Waals surface area contributed by atoms with Gasteiger partial charge in [-0.3, -0.25) is 4.98 Å². The van der Waals surface area contributed by atoms with Gasteiger partial charge in [-0.05, 0) is 27.4 Å². The van der Waals surface area contributed by atoms with Crippen LogP contribution in [0.3, 0.4) is 0 Å². The molecule has 1 nitrogen and oxygen atoms in total. The van der Waals surface area contributed by atoms with Crippen LogP contribution in [-0.2, 0) is 0 Å². The lowest BCUT2D eigenvalue weighted by molar-refractivity contribution is 0.873. The third-order valence-electron chi connectivity index (χ3n) is 2.44. The number of pyridine rings is 1. The fraction of sp³-hybridized carbons (Fsp3) is 0.250. The summed E-state index contributed by atoms with van der Waals surface area (Å²) in [6.07, 6.45) is 1.69. The average Bonchev–Trinajstić information content (AvgIpc) is 2.23. The van der Waals surface area contributed by atoms with Gasteiger partial charge in [0.1, 0.15) is 0 Å². The van der Waals surface area contributed by atoms with Crippen LogP contribution in [-0.4, -0.2) is 4.98 Å². The quantitative estimate of drug-likeness (QED) is 0.735. The van der Waals surface area contributed by atoms with Crippen molar-refractivity contribution in [3.63, 3.8) is 0 Å². The first kappa shape index (κ1) is 10.9. The van der Waals surface area contributed by atoms with Crippen LogP contribution >= 0.6 is 27.5 Å². The van der Waals surface area contributed by atoms with Gasteiger partial charge in [-0.2, -0.15) is 0 Å². The zero-order valence-corrected chi connectivity index (χ0v) is 10.9. The van der Waals surface area contributed by atoms with E-state index in [2.05, 4.69) is 40.8 Å². The van der Waals surface area contributed by atoms with E-state index in [0.29, 0.717) is 10.9 Å². The van der Waals surface area contributed by atoms with Crippen LogP contribution in [0.5, 0.6) is 0 Å². The Labute approximate surface area is 103 Å². The summed E-state index contributed by atoms with van der Waals surface area (Å²) in [6.45, 7) is 4.33. The van der Waals surface area contributed by atoms with Crippen molar-refractivity contribution >= 4 is 38.4 Å². The standard InChI is InChI=1S/C12H11BrClN/c1-7(2)8-4-3-5-9-11(13)10(14)6-15-12(8)9/h3-7H,1-2H3. The van der Waals surface area contributed by atoms with E-state index in [9.17, 15) is 0 Å². The Balaban J connectivity index is 2.83. The van der Waals surface area contributed by atoms with E-state index in [0.717, 1.165) is 15.4 Å². The molecule has 3 heteroatoms. The Morgan fingerprint density at radius 3 is 2.73 bits per heavy atom. The molecule has 0 atom stereocenters. The van der Waals surface area contributed by atoms with Crippen LogP contribution < -0.4 is 0 Å². The van der Waals surface area contributed by atoms with Crippen molar-refractivity contribution < 1.29 is 0 Å². The van der Waals surface area contributed by atoms with E-state index in [1.54, 1.807) is 6.20 Å². The number of rotatable bonds is 1. The Kier molecular flexibility index (Phi) is 2.98. The normalized spacial score (nSPS) is 11.3. The second kappa shape index (κ2) is 4.11. The number of para-hydroxylation sites is 1. The third kappa shape index (κ3) is 1.88. The summed E-state index contributed by atoms with van der Waals surface area (Å²) in [5, 5.41) is 1.73. The molecule has 0 saturated carbocycles. The van der Waals surface area contributed by atoms with Crippen molar-refractivity contribution in [3.8, 4) is 0 Å². The highest BCUT2D eigenvalue weighted by Crippen LogP contribution is 2.32. The number of aromatic nitrogens is 1. The van der Waals surface area contributed by atoms with Crippen LogP contribution in [0.15, 0.2) is 28.9 Å². The Bertz CT molecular complexity index is 508. The Morgan fingerprint density at radius 2 is 2.07 bits per heavy atom. The van der Waals surface area contributed by atoms with Gasteiger partial charge in [0, 0.05) is 16.1 Å². The van der Waals surface area contributed by atoms with Crippen molar-refractivity contribution in [1.82, 2.24) is 4.98 Å². The molecule has 0 unspecified atom stereocenters. The van der Waals surface area contributed by atoms with Crippen LogP contribution in [0.25, 0.3) is 10.9 Å². The molecule has 0 aliphatic heterocycles. The number of fused-ring (bicyclic) bond motifs is 1. The van der Waals surface area contributed by atoms with Crippen molar-refractivity contribution in [2.75, 3.05) is 0 Å². The molecule has 0 N–H and O–H groups in total. The molecule has 1 aromatic heterocycles. The summed E-state index contributed by atoms with van der Waals surface area (Å²) in [4.78, 5) is 4.40. The molecule has 0 fully saturated rings. The van der Waals surface area contributed by atoms with Crippen LogP contribution in [0.2, 0.25) is 5.02 Å². The van der Waals surface area contributed by atoms with E-state index in [4.69, 9.17) is 11.6 Å². The average molecular weight is 285 g/mol. The number of nitrogens with zero attached hydrogens (tertiary/aromatic N) is 1. The smallest absolute Gasteiger partial charge is 0.0749 e. The van der Waals surface area contributed by atoms with E-state index >= 15 is 0 Å². The molecule has 78 valence electrons. The van der Waals surface area contributed by atoms with Gasteiger partial charge < -0.3 is 0 Å². The molecule has 0 radical (unpaired) electrons. The number of hydrogen-bond donors (Lipinski definition) is 0. The SMILES string of the molecule is CC(C)c1cccc2c(Br)c(Cl)cnc12. The molecule has 2 rings (SSSR count). The number of hydrogen-bond acceptors (Lipinski definition) is 1. The van der Waals surface area contributed by atoms with E-state index < -0.39 is 0 Å². The first-order chi connectivity index (χ1) is 7.11. The summed E-state index contributed by atoms with van der Waals surface area (Å²) < 4.78 is 0.927. The molecule has 0 saturated heterocycles. The molecule has 2 aromatic rings. The minimum absolute atomic E-state index is 0.467. The van der Waals surface area contributed by atoms with Gasteiger partial charge >= 0.3 is 0 Å². The van der Waals surface area contributed by atoms with E-state index in [1.807, 2.05) is 12.1 Å². The van der Waals surface area contributed by atoms with Crippen LogP contribution in [0.1, 0.15) is 25.3 Å². The van der Waals surface area contributed by atoms with Gasteiger partial charge in [0.05, 0.1) is 10.5 Å². The second-order valence-corrected chi connectivity index (χ2v) is 5.02. The predicted octanol–water partition coefficient (Wildman–Crippen LogP) is 4.77. The van der Waals surface area contributed by atoms with Crippen LogP contribution in [0, 0.1) is 0 Å². The zero-order chi connectivity index (χ0) is 11.0. The lowest BCUT2D eigenvalue weighted by Gasteiger charge is -2.10. The minimum atomic E-state index is 0.467. The summed E-state index contributed by atoms with van der Waals surface area (Å²) in [5.74, 6) is 0.467. The lowest BCUT2D eigenvalue weighted by atomic mass is 10.00. The molecule has 0 aliphatic carbocycles. The largest absolute Gasteiger partial charge is 0.254 e. The highest BCUT2D eigenvalue weighted by atomic mass is 79.9. The minimum Gasteiger partial charge on any atom is -0.254 e. The molecule has 0 bridgehead atoms. The molecular formula is C12H11BrClN. The second-order valence-electron chi connectivity index (χ2n) is 3.82. The molecule has 15 heavy (non-hydrogen) atoms. The maximum Gasteiger partial charge on any atom is 0.0749 e. The summed E-state index contributed by atoms with van der Waals surface area (Å²) in [5.41, 5.74) is 2.29. The molecule has 1 aromatic carbocycles. The van der Waals surface area contributed by atoms with Crippen LogP contribution in [0.4, 0.5) is 0 Å². The topological polar surface area (TPSA) is 12.9 Å². The van der Waals surface area contributed by atoms with E-state index in [1.165, 1.54) is 5.56 Å². The van der Waals surface area contributed by atoms with Crippen molar-refractivity contribution in [3.05, 3.63) is 39.5 Å². The maximum atomic E-state index is 6.01. The van der Waals surface area contributed by atoms with Gasteiger partial charge in [-0.1, -0.05) is 43.6 Å². The zero-order valence-electron chi connectivity index (χ0n) is 8.59. The van der Waals surface area contributed by atoms with Gasteiger partial charge in [-0.15, -0.1) is 0 Å². The van der Waals surface area contributed by atoms with Gasteiger partial charge in [-0.25, -0.2) is 0 Å². The first-order valence-electron chi connectivity index (χ1n) is 4.84. The Morgan fingerprint density at radius 1 is 1.33 bits per heavy atom. The van der Waals surface area contributed by atoms with E-state index in [-0.39, 0.29) is 0 Å². The van der Waals surface area contributed by atoms with Gasteiger partial charge in [0.2, 0.25) is 0 Å². The monoisotopic (exact) mass is 283 g/mol. The summed E-state index contributed by atoms with van der Waals surface area (Å²) >= 11 is 9.50. The maximum absolute atomic E-state index is 6.01. The lowest BCUT2D eigenvalue weighted by Crippen LogP contribution is -1.92. The molecule has 0 spiro atoms. The fourth-order valence-electron chi connectivity index (χ4n) is 1.66. The molecule has 0 amide bonds. The van der Waals surface area contributed by atoms with Crippen molar-refractivity contribution in [1.29, 1.82) is 0 Å². The highest BCUT2D eigenvalue weighted by Gasteiger charge is 2.09. The summed E-state index contributed by atoms with van der Waals surface area (Å²) in [6, 6.07) is 6.19. The Hall–Kier alpha value is -0.600. The van der Waals surface area contributed by atoms with Gasteiger partial charge in [0.15, 0.2) is 0 Å². The molecule has 1 heterocycles. The first-order valence-corrected chi connectivity index (χ1v) is 6.01. The highest BCUT2D eigenvalue weighted by molar-refractivity contribution is 9.10. The van der Waals surface area contributed by atoms with Crippen molar-refractivity contribution in [2.45, 2.75) is 19.8 Å². The van der Waals surface area contributed by atoms with Gasteiger partial charge in [0.25, 0.3) is 0 Å². The van der Waals surface area contributed by atoms with Crippen molar-refractivity contribution in [2.24, 2.45) is 0 Å². The number of benzene rings is 1. The molecule has 0 aliphatic rings. The fourth-order valence-corrected chi connectivity index (χ4v) is 2.23. The predicted molar refractivity (Wildman–Crippen MR) is 68.5 cm³/mol. The third-order valence-corrected chi connectivity index (χ3v) is 3.81. The molecular weight excluding hydrogens is 273 g/mol.